The predicted molar refractivity (Wildman–Crippen MR) is 68.6 cm³/mol. The topological polar surface area (TPSA) is 50.5 Å². The van der Waals surface area contributed by atoms with Crippen LogP contribution in [-0.4, -0.2) is 27.4 Å². The maximum atomic E-state index is 12.1. The summed E-state index contributed by atoms with van der Waals surface area (Å²) in [5.41, 5.74) is 0.351. The van der Waals surface area contributed by atoms with Gasteiger partial charge in [-0.15, -0.1) is 11.8 Å². The van der Waals surface area contributed by atoms with E-state index in [1.807, 2.05) is 13.0 Å². The Kier molecular flexibility index (Phi) is 3.02. The fourth-order valence-electron chi connectivity index (χ4n) is 2.13. The second-order valence-corrected chi connectivity index (χ2v) is 5.99. The lowest BCUT2D eigenvalue weighted by Crippen LogP contribution is -2.56. The minimum Gasteiger partial charge on any atom is -0.293 e. The first kappa shape index (κ1) is 12.2. The average molecular weight is 277 g/mol. The van der Waals surface area contributed by atoms with Crippen LogP contribution in [0.2, 0.25) is 0 Å². The Morgan fingerprint density at radius 1 is 1.42 bits per heavy atom. The highest BCUT2D eigenvalue weighted by atomic mass is 32.2. The zero-order valence-corrected chi connectivity index (χ0v) is 11.2. The van der Waals surface area contributed by atoms with E-state index in [9.17, 15) is 9.59 Å². The standard InChI is InChI=1S/C13H13N2O3S/c1-9-7-10(15-11(16)8-12(15)19-9)13(17)18-14-5-3-2-4-6-14/h2-7,9,12H,8H2,1H3/q+1/t9?,12-/m1/s1. The molecule has 3 heterocycles. The summed E-state index contributed by atoms with van der Waals surface area (Å²) in [6.07, 6.45) is 5.55. The van der Waals surface area contributed by atoms with E-state index in [1.165, 1.54) is 9.63 Å². The molecule has 6 heteroatoms. The molecule has 1 unspecified atom stereocenters. The molecule has 1 amide bonds. The van der Waals surface area contributed by atoms with Crippen LogP contribution in [0, 0.1) is 0 Å². The zero-order valence-electron chi connectivity index (χ0n) is 10.4. The van der Waals surface area contributed by atoms with Gasteiger partial charge in [-0.1, -0.05) is 6.07 Å². The molecule has 1 aromatic heterocycles. The molecule has 0 aliphatic carbocycles. The van der Waals surface area contributed by atoms with Crippen LogP contribution in [0.1, 0.15) is 13.3 Å². The number of β-lactam (4-membered cyclic amide) rings is 1. The fourth-order valence-corrected chi connectivity index (χ4v) is 3.42. The molecule has 0 saturated carbocycles. The van der Waals surface area contributed by atoms with E-state index >= 15 is 0 Å². The van der Waals surface area contributed by atoms with Gasteiger partial charge in [0.15, 0.2) is 0 Å². The monoisotopic (exact) mass is 277 g/mol. The molecule has 2 aliphatic rings. The van der Waals surface area contributed by atoms with E-state index < -0.39 is 5.97 Å². The molecule has 0 radical (unpaired) electrons. The van der Waals surface area contributed by atoms with E-state index in [0.29, 0.717) is 12.1 Å². The first-order chi connectivity index (χ1) is 9.15. The van der Waals surface area contributed by atoms with Gasteiger partial charge in [-0.25, -0.2) is 4.79 Å². The summed E-state index contributed by atoms with van der Waals surface area (Å²) in [5.74, 6) is -0.521. The van der Waals surface area contributed by atoms with Crippen molar-refractivity contribution in [2.75, 3.05) is 0 Å². The SMILES string of the molecule is CC1C=C(C(=O)O[n+]2ccccc2)N2C(=O)C[C@H]2S1. The quantitative estimate of drug-likeness (QED) is 0.584. The molecule has 2 aliphatic heterocycles. The van der Waals surface area contributed by atoms with Crippen LogP contribution in [0.4, 0.5) is 0 Å². The van der Waals surface area contributed by atoms with Gasteiger partial charge in [-0.2, -0.15) is 4.84 Å². The number of hydrogen-bond acceptors (Lipinski definition) is 4. The minimum atomic E-state index is -0.499. The van der Waals surface area contributed by atoms with Gasteiger partial charge in [0.05, 0.1) is 11.8 Å². The number of carbonyl (C=O) groups excluding carboxylic acids is 2. The van der Waals surface area contributed by atoms with Crippen molar-refractivity contribution in [1.29, 1.82) is 0 Å². The van der Waals surface area contributed by atoms with Crippen molar-refractivity contribution in [3.63, 3.8) is 0 Å². The normalized spacial score (nSPS) is 25.2. The van der Waals surface area contributed by atoms with Crippen molar-refractivity contribution in [3.05, 3.63) is 42.4 Å². The third-order valence-electron chi connectivity index (χ3n) is 3.02. The van der Waals surface area contributed by atoms with Crippen molar-refractivity contribution >= 4 is 23.6 Å². The van der Waals surface area contributed by atoms with E-state index in [2.05, 4.69) is 0 Å². The third-order valence-corrected chi connectivity index (χ3v) is 4.27. The summed E-state index contributed by atoms with van der Waals surface area (Å²) in [4.78, 5) is 30.5. The summed E-state index contributed by atoms with van der Waals surface area (Å²) >= 11 is 1.68. The number of amides is 1. The summed E-state index contributed by atoms with van der Waals surface area (Å²) in [6, 6.07) is 5.36. The van der Waals surface area contributed by atoms with Crippen LogP contribution in [0.5, 0.6) is 0 Å². The Hall–Kier alpha value is -1.82. The number of pyridine rings is 1. The van der Waals surface area contributed by atoms with Crippen molar-refractivity contribution in [2.45, 2.75) is 24.0 Å². The lowest BCUT2D eigenvalue weighted by molar-refractivity contribution is -0.869. The van der Waals surface area contributed by atoms with Crippen LogP contribution in [0.15, 0.2) is 42.4 Å². The van der Waals surface area contributed by atoms with E-state index in [4.69, 9.17) is 4.84 Å². The highest BCUT2D eigenvalue weighted by Crippen LogP contribution is 2.40. The van der Waals surface area contributed by atoms with Gasteiger partial charge in [0.25, 0.3) is 0 Å². The fraction of sp³-hybridized carbons (Fsp3) is 0.308. The third kappa shape index (κ3) is 2.23. The van der Waals surface area contributed by atoms with Gasteiger partial charge in [-0.05, 0) is 13.0 Å². The Morgan fingerprint density at radius 2 is 2.16 bits per heavy atom. The summed E-state index contributed by atoms with van der Waals surface area (Å²) in [6.45, 7) is 2.01. The Morgan fingerprint density at radius 3 is 2.84 bits per heavy atom. The molecule has 0 N–H and O–H groups in total. The van der Waals surface area contributed by atoms with Crippen LogP contribution >= 0.6 is 11.8 Å². The van der Waals surface area contributed by atoms with Gasteiger partial charge < -0.3 is 0 Å². The lowest BCUT2D eigenvalue weighted by atomic mass is 10.1. The lowest BCUT2D eigenvalue weighted by Gasteiger charge is -2.43. The highest BCUT2D eigenvalue weighted by molar-refractivity contribution is 8.00. The molecule has 1 aromatic rings. The summed E-state index contributed by atoms with van der Waals surface area (Å²) in [5, 5.41) is 0.286. The molecule has 0 bridgehead atoms. The van der Waals surface area contributed by atoms with E-state index in [0.717, 1.165) is 0 Å². The first-order valence-corrected chi connectivity index (χ1v) is 6.98. The number of aromatic nitrogens is 1. The van der Waals surface area contributed by atoms with Crippen molar-refractivity contribution < 1.29 is 19.2 Å². The first-order valence-electron chi connectivity index (χ1n) is 6.03. The van der Waals surface area contributed by atoms with E-state index in [-0.39, 0.29) is 16.5 Å². The van der Waals surface area contributed by atoms with Gasteiger partial charge >= 0.3 is 5.97 Å². The van der Waals surface area contributed by atoms with Gasteiger partial charge in [0.1, 0.15) is 5.70 Å². The van der Waals surface area contributed by atoms with Crippen LogP contribution < -0.4 is 9.57 Å². The molecule has 19 heavy (non-hydrogen) atoms. The number of rotatable bonds is 2. The molecule has 1 saturated heterocycles. The van der Waals surface area contributed by atoms with Crippen molar-refractivity contribution in [3.8, 4) is 0 Å². The highest BCUT2D eigenvalue weighted by Gasteiger charge is 2.45. The average Bonchev–Trinajstić information content (AvgIpc) is 2.38. The van der Waals surface area contributed by atoms with Crippen molar-refractivity contribution in [2.24, 2.45) is 0 Å². The van der Waals surface area contributed by atoms with Gasteiger partial charge in [0, 0.05) is 22.1 Å². The van der Waals surface area contributed by atoms with Gasteiger partial charge in [0.2, 0.25) is 18.3 Å². The minimum absolute atomic E-state index is 0.0225. The number of carbonyl (C=O) groups is 2. The van der Waals surface area contributed by atoms with Crippen LogP contribution in [-0.2, 0) is 9.59 Å². The number of hydrogen-bond donors (Lipinski definition) is 0. The smallest absolute Gasteiger partial charge is 0.293 e. The Labute approximate surface area is 114 Å². The maximum Gasteiger partial charge on any atom is 0.427 e. The molecule has 98 valence electrons. The zero-order chi connectivity index (χ0) is 13.4. The summed E-state index contributed by atoms with van der Waals surface area (Å²) in [7, 11) is 0. The molecular weight excluding hydrogens is 264 g/mol. The number of fused-ring (bicyclic) bond motifs is 1. The molecule has 0 aromatic carbocycles. The van der Waals surface area contributed by atoms with Gasteiger partial charge in [-0.3, -0.25) is 9.69 Å². The Bertz CT molecular complexity index is 558. The molecule has 0 spiro atoms. The molecule has 2 atom stereocenters. The Balaban J connectivity index is 1.80. The number of nitrogens with zero attached hydrogens (tertiary/aromatic N) is 2. The van der Waals surface area contributed by atoms with Crippen molar-refractivity contribution in [1.82, 2.24) is 4.90 Å². The molecule has 3 rings (SSSR count). The largest absolute Gasteiger partial charge is 0.427 e. The molecular formula is C13H13N2O3S+. The maximum absolute atomic E-state index is 12.1. The van der Waals surface area contributed by atoms with Crippen LogP contribution in [0.25, 0.3) is 0 Å². The predicted octanol–water partition coefficient (Wildman–Crippen LogP) is 0.507. The summed E-state index contributed by atoms with van der Waals surface area (Å²) < 4.78 is 1.33. The van der Waals surface area contributed by atoms with Crippen LogP contribution in [0.3, 0.4) is 0 Å². The molecule has 1 fully saturated rings. The van der Waals surface area contributed by atoms with E-state index in [1.54, 1.807) is 42.4 Å². The second kappa shape index (κ2) is 4.70. The second-order valence-electron chi connectivity index (χ2n) is 4.43. The molecule has 5 nitrogen and oxygen atoms in total. The number of thioether (sulfide) groups is 1.